The van der Waals surface area contributed by atoms with Crippen molar-refractivity contribution in [3.63, 3.8) is 0 Å². The summed E-state index contributed by atoms with van der Waals surface area (Å²) < 4.78 is 0. The Balaban J connectivity index is 3.95. The second-order valence-electron chi connectivity index (χ2n) is 4.10. The summed E-state index contributed by atoms with van der Waals surface area (Å²) in [5.74, 6) is 3.05. The molecule has 2 unspecified atom stereocenters. The van der Waals surface area contributed by atoms with Crippen LogP contribution in [-0.2, 0) is 4.79 Å². The van der Waals surface area contributed by atoms with Gasteiger partial charge in [-0.1, -0.05) is 39.5 Å². The smallest absolute Gasteiger partial charge is 0.150 e. The van der Waals surface area contributed by atoms with E-state index in [1.165, 1.54) is 12.8 Å². The van der Waals surface area contributed by atoms with Gasteiger partial charge < -0.3 is 5.73 Å². The summed E-state index contributed by atoms with van der Waals surface area (Å²) in [6.07, 6.45) is 10.6. The van der Waals surface area contributed by atoms with Gasteiger partial charge >= 0.3 is 0 Å². The number of carbonyl (C=O) groups excluding carboxylic acids is 1. The molecule has 0 bridgehead atoms. The summed E-state index contributed by atoms with van der Waals surface area (Å²) in [5.41, 5.74) is 5.67. The summed E-state index contributed by atoms with van der Waals surface area (Å²) in [6, 6.07) is -0.453. The molecule has 0 heterocycles. The van der Waals surface area contributed by atoms with Crippen LogP contribution in [0.15, 0.2) is 0 Å². The molecule has 0 amide bonds. The number of unbranched alkanes of at least 4 members (excludes halogenated alkanes) is 1. The first-order chi connectivity index (χ1) is 7.15. The third-order valence-corrected chi connectivity index (χ3v) is 2.78. The van der Waals surface area contributed by atoms with Crippen molar-refractivity contribution < 1.29 is 4.79 Å². The Morgan fingerprint density at radius 1 is 1.47 bits per heavy atom. The van der Waals surface area contributed by atoms with Crippen molar-refractivity contribution >= 4 is 5.78 Å². The lowest BCUT2D eigenvalue weighted by Crippen LogP contribution is -2.31. The van der Waals surface area contributed by atoms with Crippen LogP contribution in [0.2, 0.25) is 0 Å². The van der Waals surface area contributed by atoms with Crippen LogP contribution in [0.4, 0.5) is 0 Å². The number of carbonyl (C=O) groups is 1. The van der Waals surface area contributed by atoms with Gasteiger partial charge in [-0.25, -0.2) is 0 Å². The Kier molecular flexibility index (Phi) is 8.04. The fourth-order valence-corrected chi connectivity index (χ4v) is 1.62. The van der Waals surface area contributed by atoms with Crippen molar-refractivity contribution in [2.75, 3.05) is 0 Å². The van der Waals surface area contributed by atoms with E-state index in [1.807, 2.05) is 0 Å². The minimum atomic E-state index is -0.453. The molecule has 2 atom stereocenters. The zero-order valence-electron chi connectivity index (χ0n) is 9.96. The molecular weight excluding hydrogens is 186 g/mol. The second-order valence-corrected chi connectivity index (χ2v) is 4.10. The lowest BCUT2D eigenvalue weighted by molar-refractivity contribution is -0.121. The van der Waals surface area contributed by atoms with Gasteiger partial charge in [-0.3, -0.25) is 4.79 Å². The van der Waals surface area contributed by atoms with Crippen LogP contribution in [-0.4, -0.2) is 11.8 Å². The zero-order chi connectivity index (χ0) is 11.7. The first-order valence-corrected chi connectivity index (χ1v) is 5.87. The molecule has 0 aliphatic carbocycles. The first-order valence-electron chi connectivity index (χ1n) is 5.87. The van der Waals surface area contributed by atoms with E-state index in [4.69, 9.17) is 12.2 Å². The third kappa shape index (κ3) is 6.30. The summed E-state index contributed by atoms with van der Waals surface area (Å²) in [4.78, 5) is 11.6. The molecule has 0 radical (unpaired) electrons. The number of Topliss-reactive ketones (excluding diaryl/α,β-unsaturated/α-hetero) is 1. The van der Waals surface area contributed by atoms with Gasteiger partial charge in [0.1, 0.15) is 0 Å². The number of terminal acetylenes is 1. The maximum atomic E-state index is 11.6. The van der Waals surface area contributed by atoms with Crippen LogP contribution in [0.25, 0.3) is 0 Å². The zero-order valence-corrected chi connectivity index (χ0v) is 9.96. The molecule has 15 heavy (non-hydrogen) atoms. The Morgan fingerprint density at radius 2 is 2.13 bits per heavy atom. The van der Waals surface area contributed by atoms with Gasteiger partial charge in [0, 0.05) is 12.8 Å². The van der Waals surface area contributed by atoms with Crippen molar-refractivity contribution in [1.29, 1.82) is 0 Å². The molecule has 0 saturated heterocycles. The SMILES string of the molecule is C#CCC(N)C(=O)CC(CC)CCCC. The van der Waals surface area contributed by atoms with Gasteiger partial charge in [-0.2, -0.15) is 0 Å². The van der Waals surface area contributed by atoms with Crippen LogP contribution < -0.4 is 5.73 Å². The van der Waals surface area contributed by atoms with E-state index in [2.05, 4.69) is 19.8 Å². The lowest BCUT2D eigenvalue weighted by Gasteiger charge is -2.15. The molecule has 0 saturated carbocycles. The molecule has 2 nitrogen and oxygen atoms in total. The number of hydrogen-bond acceptors (Lipinski definition) is 2. The predicted octanol–water partition coefficient (Wildman–Crippen LogP) is 2.51. The molecule has 2 N–H and O–H groups in total. The maximum absolute atomic E-state index is 11.6. The van der Waals surface area contributed by atoms with E-state index >= 15 is 0 Å². The minimum Gasteiger partial charge on any atom is -0.321 e. The fourth-order valence-electron chi connectivity index (χ4n) is 1.62. The molecular formula is C13H23NO. The highest BCUT2D eigenvalue weighted by Crippen LogP contribution is 2.17. The highest BCUT2D eigenvalue weighted by molar-refractivity contribution is 5.84. The average molecular weight is 209 g/mol. The Hall–Kier alpha value is -0.810. The van der Waals surface area contributed by atoms with Crippen LogP contribution >= 0.6 is 0 Å². The van der Waals surface area contributed by atoms with Crippen molar-refractivity contribution in [1.82, 2.24) is 0 Å². The van der Waals surface area contributed by atoms with Gasteiger partial charge in [0.25, 0.3) is 0 Å². The number of rotatable bonds is 8. The maximum Gasteiger partial charge on any atom is 0.150 e. The van der Waals surface area contributed by atoms with E-state index in [1.54, 1.807) is 0 Å². The number of nitrogens with two attached hydrogens (primary N) is 1. The van der Waals surface area contributed by atoms with Gasteiger partial charge in [0.15, 0.2) is 5.78 Å². The summed E-state index contributed by atoms with van der Waals surface area (Å²) in [5, 5.41) is 0. The molecule has 0 aromatic heterocycles. The number of hydrogen-bond donors (Lipinski definition) is 1. The minimum absolute atomic E-state index is 0.121. The predicted molar refractivity (Wildman–Crippen MR) is 64.4 cm³/mol. The quantitative estimate of drug-likeness (QED) is 0.624. The fraction of sp³-hybridized carbons (Fsp3) is 0.769. The van der Waals surface area contributed by atoms with Crippen molar-refractivity contribution in [3.8, 4) is 12.3 Å². The van der Waals surface area contributed by atoms with Crippen molar-refractivity contribution in [2.45, 2.75) is 58.4 Å². The van der Waals surface area contributed by atoms with E-state index in [9.17, 15) is 4.79 Å². The third-order valence-electron chi connectivity index (χ3n) is 2.78. The van der Waals surface area contributed by atoms with Crippen LogP contribution in [0, 0.1) is 18.3 Å². The molecule has 86 valence electrons. The van der Waals surface area contributed by atoms with Crippen LogP contribution in [0.3, 0.4) is 0 Å². The van der Waals surface area contributed by atoms with Crippen LogP contribution in [0.1, 0.15) is 52.4 Å². The van der Waals surface area contributed by atoms with Crippen molar-refractivity contribution in [3.05, 3.63) is 0 Å². The Morgan fingerprint density at radius 3 is 2.60 bits per heavy atom. The molecule has 0 fully saturated rings. The molecule has 0 aromatic rings. The highest BCUT2D eigenvalue weighted by Gasteiger charge is 2.16. The van der Waals surface area contributed by atoms with Crippen molar-refractivity contribution in [2.24, 2.45) is 11.7 Å². The first kappa shape index (κ1) is 14.2. The highest BCUT2D eigenvalue weighted by atomic mass is 16.1. The topological polar surface area (TPSA) is 43.1 Å². The van der Waals surface area contributed by atoms with Gasteiger partial charge in [-0.05, 0) is 5.92 Å². The van der Waals surface area contributed by atoms with Gasteiger partial charge in [0.2, 0.25) is 0 Å². The van der Waals surface area contributed by atoms with Gasteiger partial charge in [0.05, 0.1) is 6.04 Å². The monoisotopic (exact) mass is 209 g/mol. The van der Waals surface area contributed by atoms with E-state index in [-0.39, 0.29) is 5.78 Å². The molecule has 2 heteroatoms. The molecule has 0 aliphatic heterocycles. The summed E-state index contributed by atoms with van der Waals surface area (Å²) in [7, 11) is 0. The van der Waals surface area contributed by atoms with E-state index < -0.39 is 6.04 Å². The van der Waals surface area contributed by atoms with E-state index in [0.29, 0.717) is 18.8 Å². The second kappa shape index (κ2) is 8.49. The van der Waals surface area contributed by atoms with Gasteiger partial charge in [-0.15, -0.1) is 12.3 Å². The molecule has 0 aliphatic rings. The van der Waals surface area contributed by atoms with Crippen LogP contribution in [0.5, 0.6) is 0 Å². The average Bonchev–Trinajstić information content (AvgIpc) is 2.24. The number of ketones is 1. The molecule has 0 rings (SSSR count). The Labute approximate surface area is 93.6 Å². The molecule has 0 spiro atoms. The molecule has 0 aromatic carbocycles. The largest absolute Gasteiger partial charge is 0.321 e. The standard InChI is InChI=1S/C13H23NO/c1-4-7-9-11(6-3)10-13(15)12(14)8-5-2/h2,11-12H,4,6-10,14H2,1,3H3. The normalized spacial score (nSPS) is 14.3. The lowest BCUT2D eigenvalue weighted by atomic mass is 9.91. The summed E-state index contributed by atoms with van der Waals surface area (Å²) in [6.45, 7) is 4.29. The summed E-state index contributed by atoms with van der Waals surface area (Å²) >= 11 is 0. The van der Waals surface area contributed by atoms with E-state index in [0.717, 1.165) is 12.8 Å². The Bertz CT molecular complexity index is 217.